The first-order valence-corrected chi connectivity index (χ1v) is 7.67. The highest BCUT2D eigenvalue weighted by Gasteiger charge is 2.20. The highest BCUT2D eigenvalue weighted by Crippen LogP contribution is 2.15. The number of aldehydes is 1. The summed E-state index contributed by atoms with van der Waals surface area (Å²) in [5.74, 6) is -0.868. The summed E-state index contributed by atoms with van der Waals surface area (Å²) in [7, 11) is -4.02. The van der Waals surface area contributed by atoms with E-state index in [9.17, 15) is 18.0 Å². The van der Waals surface area contributed by atoms with E-state index >= 15 is 0 Å². The lowest BCUT2D eigenvalue weighted by Crippen LogP contribution is -2.31. The zero-order chi connectivity index (χ0) is 15.5. The van der Waals surface area contributed by atoms with Gasteiger partial charge in [-0.15, -0.1) is 0 Å². The van der Waals surface area contributed by atoms with Crippen molar-refractivity contribution in [2.24, 2.45) is 0 Å². The first-order chi connectivity index (χ1) is 9.94. The van der Waals surface area contributed by atoms with Crippen LogP contribution in [-0.4, -0.2) is 20.6 Å². The van der Waals surface area contributed by atoms with Gasteiger partial charge in [-0.1, -0.05) is 29.8 Å². The third-order valence-corrected chi connectivity index (χ3v) is 4.28. The van der Waals surface area contributed by atoms with Gasteiger partial charge < -0.3 is 0 Å². The molecular weight excluding hydrogens is 314 g/mol. The van der Waals surface area contributed by atoms with Gasteiger partial charge in [0.05, 0.1) is 10.5 Å². The van der Waals surface area contributed by atoms with Crippen molar-refractivity contribution < 1.29 is 18.0 Å². The molecule has 2 rings (SSSR count). The average molecular weight is 324 g/mol. The smallest absolute Gasteiger partial charge is 0.265 e. The Morgan fingerprint density at radius 2 is 1.67 bits per heavy atom. The van der Waals surface area contributed by atoms with Gasteiger partial charge >= 0.3 is 0 Å². The number of hydrogen-bond donors (Lipinski definition) is 1. The number of carbonyl (C=O) groups is 2. The van der Waals surface area contributed by atoms with Crippen molar-refractivity contribution in [3.05, 3.63) is 64.7 Å². The van der Waals surface area contributed by atoms with E-state index in [1.54, 1.807) is 6.07 Å². The summed E-state index contributed by atoms with van der Waals surface area (Å²) in [6, 6.07) is 11.3. The quantitative estimate of drug-likeness (QED) is 0.875. The second-order valence-corrected chi connectivity index (χ2v) is 6.21. The van der Waals surface area contributed by atoms with E-state index in [-0.39, 0.29) is 16.0 Å². The molecule has 1 amide bonds. The second-order valence-electron chi connectivity index (χ2n) is 4.09. The highest BCUT2D eigenvalue weighted by molar-refractivity contribution is 7.90. The second kappa shape index (κ2) is 6.07. The van der Waals surface area contributed by atoms with Crippen molar-refractivity contribution in [3.8, 4) is 0 Å². The van der Waals surface area contributed by atoms with Crippen molar-refractivity contribution in [1.82, 2.24) is 4.72 Å². The molecule has 108 valence electrons. The molecule has 2 aromatic rings. The standard InChI is InChI=1S/C14H10ClNO4S/c15-11-5-7-12(8-6-11)21(19,20)16-14(18)13-4-2-1-3-10(13)9-17/h1-9H,(H,16,18). The topological polar surface area (TPSA) is 80.3 Å². The SMILES string of the molecule is O=Cc1ccccc1C(=O)NS(=O)(=O)c1ccc(Cl)cc1. The van der Waals surface area contributed by atoms with Crippen LogP contribution in [0.3, 0.4) is 0 Å². The number of benzene rings is 2. The first-order valence-electron chi connectivity index (χ1n) is 5.81. The minimum atomic E-state index is -4.02. The summed E-state index contributed by atoms with van der Waals surface area (Å²) in [5, 5.41) is 0.381. The molecular formula is C14H10ClNO4S. The molecule has 0 radical (unpaired) electrons. The zero-order valence-electron chi connectivity index (χ0n) is 10.6. The molecule has 0 atom stereocenters. The molecule has 0 saturated carbocycles. The molecule has 21 heavy (non-hydrogen) atoms. The summed E-state index contributed by atoms with van der Waals surface area (Å²) < 4.78 is 26.0. The van der Waals surface area contributed by atoms with Crippen LogP contribution >= 0.6 is 11.6 Å². The molecule has 0 aliphatic rings. The Labute approximate surface area is 126 Å². The summed E-state index contributed by atoms with van der Waals surface area (Å²) in [5.41, 5.74) is 0.103. The molecule has 0 aliphatic carbocycles. The van der Waals surface area contributed by atoms with Crippen molar-refractivity contribution in [2.45, 2.75) is 4.90 Å². The average Bonchev–Trinajstić information content (AvgIpc) is 2.47. The Morgan fingerprint density at radius 1 is 1.05 bits per heavy atom. The normalized spacial score (nSPS) is 10.9. The van der Waals surface area contributed by atoms with Gasteiger partial charge in [-0.3, -0.25) is 9.59 Å². The van der Waals surface area contributed by atoms with Gasteiger partial charge in [0.2, 0.25) is 0 Å². The van der Waals surface area contributed by atoms with E-state index in [1.165, 1.54) is 42.5 Å². The van der Waals surface area contributed by atoms with Crippen LogP contribution in [0.1, 0.15) is 20.7 Å². The molecule has 0 unspecified atom stereocenters. The molecule has 5 nitrogen and oxygen atoms in total. The lowest BCUT2D eigenvalue weighted by Gasteiger charge is -2.08. The van der Waals surface area contributed by atoms with Crippen LogP contribution in [0.4, 0.5) is 0 Å². The minimum absolute atomic E-state index is 0.00922. The lowest BCUT2D eigenvalue weighted by atomic mass is 10.1. The van der Waals surface area contributed by atoms with E-state index in [0.29, 0.717) is 11.3 Å². The van der Waals surface area contributed by atoms with Gasteiger partial charge in [0.25, 0.3) is 15.9 Å². The molecule has 0 aliphatic heterocycles. The summed E-state index contributed by atoms with van der Waals surface area (Å²) in [6.07, 6.45) is 0.490. The molecule has 0 heterocycles. The predicted molar refractivity (Wildman–Crippen MR) is 77.9 cm³/mol. The van der Waals surface area contributed by atoms with Crippen LogP contribution in [0.5, 0.6) is 0 Å². The molecule has 0 aromatic heterocycles. The van der Waals surface area contributed by atoms with Crippen LogP contribution in [-0.2, 0) is 10.0 Å². The van der Waals surface area contributed by atoms with E-state index < -0.39 is 15.9 Å². The Kier molecular flexibility index (Phi) is 4.40. The maximum absolute atomic E-state index is 12.1. The largest absolute Gasteiger partial charge is 0.298 e. The monoisotopic (exact) mass is 323 g/mol. The molecule has 1 N–H and O–H groups in total. The van der Waals surface area contributed by atoms with Gasteiger partial charge in [0, 0.05) is 10.6 Å². The third-order valence-electron chi connectivity index (χ3n) is 2.68. The summed E-state index contributed by atoms with van der Waals surface area (Å²) >= 11 is 5.68. The number of hydrogen-bond acceptors (Lipinski definition) is 4. The van der Waals surface area contributed by atoms with Gasteiger partial charge in [-0.25, -0.2) is 13.1 Å². The molecule has 0 fully saturated rings. The summed E-state index contributed by atoms with van der Waals surface area (Å²) in [6.45, 7) is 0. The van der Waals surface area contributed by atoms with Gasteiger partial charge in [-0.2, -0.15) is 0 Å². The summed E-state index contributed by atoms with van der Waals surface area (Å²) in [4.78, 5) is 22.8. The van der Waals surface area contributed by atoms with E-state index in [1.807, 2.05) is 4.72 Å². The Morgan fingerprint density at radius 3 is 2.29 bits per heavy atom. The fourth-order valence-corrected chi connectivity index (χ4v) is 2.75. The first kappa shape index (κ1) is 15.2. The van der Waals surface area contributed by atoms with Crippen LogP contribution in [0.15, 0.2) is 53.4 Å². The Bertz CT molecular complexity index is 785. The number of amides is 1. The maximum Gasteiger partial charge on any atom is 0.265 e. The highest BCUT2D eigenvalue weighted by atomic mass is 35.5. The number of sulfonamides is 1. The zero-order valence-corrected chi connectivity index (χ0v) is 12.2. The molecule has 7 heteroatoms. The fraction of sp³-hybridized carbons (Fsp3) is 0. The maximum atomic E-state index is 12.1. The van der Waals surface area contributed by atoms with E-state index in [0.717, 1.165) is 0 Å². The molecule has 0 saturated heterocycles. The van der Waals surface area contributed by atoms with E-state index in [2.05, 4.69) is 0 Å². The predicted octanol–water partition coefficient (Wildman–Crippen LogP) is 2.27. The van der Waals surface area contributed by atoms with Crippen LogP contribution in [0.25, 0.3) is 0 Å². The van der Waals surface area contributed by atoms with Crippen LogP contribution in [0.2, 0.25) is 5.02 Å². The third kappa shape index (κ3) is 3.48. The molecule has 2 aromatic carbocycles. The van der Waals surface area contributed by atoms with E-state index in [4.69, 9.17) is 11.6 Å². The number of carbonyl (C=O) groups excluding carboxylic acids is 2. The molecule has 0 spiro atoms. The number of nitrogens with one attached hydrogen (secondary N) is 1. The number of rotatable bonds is 4. The number of halogens is 1. The van der Waals surface area contributed by atoms with Crippen LogP contribution in [0, 0.1) is 0 Å². The molecule has 0 bridgehead atoms. The van der Waals surface area contributed by atoms with Crippen molar-refractivity contribution in [2.75, 3.05) is 0 Å². The van der Waals surface area contributed by atoms with Crippen molar-refractivity contribution in [1.29, 1.82) is 0 Å². The fourth-order valence-electron chi connectivity index (χ4n) is 1.66. The van der Waals surface area contributed by atoms with Crippen molar-refractivity contribution in [3.63, 3.8) is 0 Å². The van der Waals surface area contributed by atoms with Gasteiger partial charge in [0.15, 0.2) is 6.29 Å². The van der Waals surface area contributed by atoms with Crippen LogP contribution < -0.4 is 4.72 Å². The van der Waals surface area contributed by atoms with Gasteiger partial charge in [-0.05, 0) is 30.3 Å². The lowest BCUT2D eigenvalue weighted by molar-refractivity contribution is 0.0975. The Hall–Kier alpha value is -2.18. The Balaban J connectivity index is 2.30. The van der Waals surface area contributed by atoms with Gasteiger partial charge in [0.1, 0.15) is 0 Å². The van der Waals surface area contributed by atoms with Crippen molar-refractivity contribution >= 4 is 33.8 Å². The minimum Gasteiger partial charge on any atom is -0.298 e.